The smallest absolute Gasteiger partial charge is 0.331 e. The zero-order valence-corrected chi connectivity index (χ0v) is 17.7. The van der Waals surface area contributed by atoms with Crippen molar-refractivity contribution >= 4 is 17.6 Å². The normalized spacial score (nSPS) is 21.2. The molecule has 2 aliphatic heterocycles. The van der Waals surface area contributed by atoms with Crippen molar-refractivity contribution in [1.29, 1.82) is 0 Å². The van der Waals surface area contributed by atoms with Crippen molar-refractivity contribution in [3.8, 4) is 0 Å². The second-order valence-electron chi connectivity index (χ2n) is 8.59. The predicted octanol–water partition coefficient (Wildman–Crippen LogP) is 1.54. The van der Waals surface area contributed by atoms with Crippen LogP contribution < -0.4 is 10.6 Å². The largest absolute Gasteiger partial charge is 0.347 e. The van der Waals surface area contributed by atoms with Crippen molar-refractivity contribution in [2.24, 2.45) is 0 Å². The lowest BCUT2D eigenvalue weighted by Crippen LogP contribution is -2.43. The molecule has 31 heavy (non-hydrogen) atoms. The summed E-state index contributed by atoms with van der Waals surface area (Å²) in [7, 11) is 0. The van der Waals surface area contributed by atoms with E-state index in [2.05, 4.69) is 4.98 Å². The summed E-state index contributed by atoms with van der Waals surface area (Å²) in [5.74, 6) is 1.33. The molecule has 2 aromatic heterocycles. The number of aromatic nitrogens is 4. The summed E-state index contributed by atoms with van der Waals surface area (Å²) >= 11 is 0. The number of amides is 2. The molecule has 1 atom stereocenters. The van der Waals surface area contributed by atoms with E-state index in [-0.39, 0.29) is 30.4 Å². The molecule has 0 N–H and O–H groups in total. The lowest BCUT2D eigenvalue weighted by atomic mass is 9.99. The Kier molecular flexibility index (Phi) is 5.03. The highest BCUT2D eigenvalue weighted by atomic mass is 16.2. The molecule has 1 saturated carbocycles. The van der Waals surface area contributed by atoms with E-state index in [1.54, 1.807) is 17.2 Å². The summed E-state index contributed by atoms with van der Waals surface area (Å²) in [6, 6.07) is 1.63. The van der Waals surface area contributed by atoms with Crippen LogP contribution in [0.25, 0.3) is 0 Å². The molecule has 0 unspecified atom stereocenters. The van der Waals surface area contributed by atoms with E-state index >= 15 is 0 Å². The van der Waals surface area contributed by atoms with Gasteiger partial charge in [-0.05, 0) is 51.5 Å². The van der Waals surface area contributed by atoms with Gasteiger partial charge in [-0.3, -0.25) is 19.1 Å². The summed E-state index contributed by atoms with van der Waals surface area (Å²) in [5.41, 5.74) is 1.49. The van der Waals surface area contributed by atoms with Gasteiger partial charge in [0, 0.05) is 42.7 Å². The Bertz CT molecular complexity index is 1090. The summed E-state index contributed by atoms with van der Waals surface area (Å²) in [5, 5.41) is 0. The number of carbonyl (C=O) groups is 2. The molecule has 0 radical (unpaired) electrons. The Morgan fingerprint density at radius 1 is 1.13 bits per heavy atom. The maximum atomic E-state index is 13.1. The number of aryl methyl sites for hydroxylation is 1. The van der Waals surface area contributed by atoms with Gasteiger partial charge in [-0.2, -0.15) is 0 Å². The Labute approximate surface area is 180 Å². The van der Waals surface area contributed by atoms with E-state index in [4.69, 9.17) is 9.97 Å². The lowest BCUT2D eigenvalue weighted by molar-refractivity contribution is -0.136. The van der Waals surface area contributed by atoms with Gasteiger partial charge < -0.3 is 4.90 Å². The Morgan fingerprint density at radius 3 is 2.74 bits per heavy atom. The van der Waals surface area contributed by atoms with E-state index in [0.717, 1.165) is 49.2 Å². The van der Waals surface area contributed by atoms with Gasteiger partial charge in [-0.25, -0.2) is 19.7 Å². The fraction of sp³-hybridized carbons (Fsp3) is 0.545. The van der Waals surface area contributed by atoms with Crippen LogP contribution in [0.1, 0.15) is 61.6 Å². The van der Waals surface area contributed by atoms with Gasteiger partial charge in [-0.15, -0.1) is 0 Å². The van der Waals surface area contributed by atoms with Gasteiger partial charge in [0.05, 0.1) is 6.04 Å². The average Bonchev–Trinajstić information content (AvgIpc) is 3.60. The standard InChI is InChI=1S/C22H26N6O3/c1-14-16-8-9-18(29)28(15-6-7-15)21(16)25-20(24-14)17-5-2-3-12-27(17)19(30)13-26-11-4-10-23-22(26)31/h4,10-11,15,17H,2-3,5-9,12-13H2,1H3/t17-/m1/s1. The SMILES string of the molecule is Cc1nc([C@H]2CCCCN2C(=O)Cn2cccnc2=O)nc2c1CCC(=O)N2C1CC1. The topological polar surface area (TPSA) is 101 Å². The molecular formula is C22H26N6O3. The van der Waals surface area contributed by atoms with Gasteiger partial charge in [0.25, 0.3) is 0 Å². The minimum atomic E-state index is -0.441. The van der Waals surface area contributed by atoms with E-state index in [1.807, 2.05) is 11.8 Å². The molecule has 4 heterocycles. The molecule has 2 fully saturated rings. The van der Waals surface area contributed by atoms with Crippen molar-refractivity contribution in [2.75, 3.05) is 11.4 Å². The molecule has 0 bridgehead atoms. The highest BCUT2D eigenvalue weighted by Gasteiger charge is 2.40. The number of carbonyl (C=O) groups excluding carboxylic acids is 2. The van der Waals surface area contributed by atoms with Crippen LogP contribution >= 0.6 is 0 Å². The van der Waals surface area contributed by atoms with Crippen LogP contribution in [0.15, 0.2) is 23.3 Å². The first-order valence-electron chi connectivity index (χ1n) is 11.0. The number of fused-ring (bicyclic) bond motifs is 1. The molecule has 5 rings (SSSR count). The van der Waals surface area contributed by atoms with E-state index in [0.29, 0.717) is 25.2 Å². The zero-order valence-electron chi connectivity index (χ0n) is 17.7. The number of anilines is 1. The number of piperidine rings is 1. The molecule has 9 nitrogen and oxygen atoms in total. The second kappa shape index (κ2) is 7.86. The third-order valence-corrected chi connectivity index (χ3v) is 6.42. The van der Waals surface area contributed by atoms with Gasteiger partial charge in [0.2, 0.25) is 11.8 Å². The predicted molar refractivity (Wildman–Crippen MR) is 112 cm³/mol. The fourth-order valence-corrected chi connectivity index (χ4v) is 4.67. The maximum absolute atomic E-state index is 13.1. The molecule has 2 amide bonds. The number of hydrogen-bond donors (Lipinski definition) is 0. The Balaban J connectivity index is 1.47. The van der Waals surface area contributed by atoms with Crippen LogP contribution in [0, 0.1) is 6.92 Å². The highest BCUT2D eigenvalue weighted by molar-refractivity contribution is 5.96. The molecule has 1 aliphatic carbocycles. The zero-order chi connectivity index (χ0) is 21.5. The highest BCUT2D eigenvalue weighted by Crippen LogP contribution is 2.39. The quantitative estimate of drug-likeness (QED) is 0.741. The Morgan fingerprint density at radius 2 is 1.97 bits per heavy atom. The van der Waals surface area contributed by atoms with Crippen molar-refractivity contribution in [3.05, 3.63) is 46.0 Å². The molecule has 162 valence electrons. The molecule has 2 aromatic rings. The first-order valence-corrected chi connectivity index (χ1v) is 11.0. The van der Waals surface area contributed by atoms with E-state index in [1.165, 1.54) is 10.8 Å². The van der Waals surface area contributed by atoms with Crippen molar-refractivity contribution in [2.45, 2.75) is 70.5 Å². The van der Waals surface area contributed by atoms with Gasteiger partial charge >= 0.3 is 5.69 Å². The van der Waals surface area contributed by atoms with E-state index in [9.17, 15) is 14.4 Å². The van der Waals surface area contributed by atoms with Crippen LogP contribution in [0.4, 0.5) is 5.82 Å². The van der Waals surface area contributed by atoms with Crippen molar-refractivity contribution in [3.63, 3.8) is 0 Å². The summed E-state index contributed by atoms with van der Waals surface area (Å²) in [6.45, 7) is 2.51. The third kappa shape index (κ3) is 3.73. The molecule has 0 aromatic carbocycles. The van der Waals surface area contributed by atoms with Gasteiger partial charge in [-0.1, -0.05) is 0 Å². The van der Waals surface area contributed by atoms with E-state index < -0.39 is 5.69 Å². The maximum Gasteiger partial charge on any atom is 0.347 e. The minimum Gasteiger partial charge on any atom is -0.331 e. The first kappa shape index (κ1) is 19.8. The molecule has 1 saturated heterocycles. The molecular weight excluding hydrogens is 396 g/mol. The molecule has 3 aliphatic rings. The van der Waals surface area contributed by atoms with Crippen molar-refractivity contribution in [1.82, 2.24) is 24.4 Å². The second-order valence-corrected chi connectivity index (χ2v) is 8.59. The summed E-state index contributed by atoms with van der Waals surface area (Å²) < 4.78 is 1.32. The van der Waals surface area contributed by atoms with Gasteiger partial charge in [0.1, 0.15) is 12.4 Å². The average molecular weight is 422 g/mol. The van der Waals surface area contributed by atoms with Gasteiger partial charge in [0.15, 0.2) is 5.82 Å². The summed E-state index contributed by atoms with van der Waals surface area (Å²) in [4.78, 5) is 54.7. The lowest BCUT2D eigenvalue weighted by Gasteiger charge is -2.36. The molecule has 0 spiro atoms. The number of nitrogens with zero attached hydrogens (tertiary/aromatic N) is 6. The number of likely N-dealkylation sites (tertiary alicyclic amines) is 1. The monoisotopic (exact) mass is 422 g/mol. The van der Waals surface area contributed by atoms with Crippen LogP contribution in [0.3, 0.4) is 0 Å². The first-order chi connectivity index (χ1) is 15.0. The number of rotatable bonds is 4. The minimum absolute atomic E-state index is 0.0558. The summed E-state index contributed by atoms with van der Waals surface area (Å²) in [6.07, 6.45) is 8.83. The van der Waals surface area contributed by atoms with Crippen molar-refractivity contribution < 1.29 is 9.59 Å². The Hall–Kier alpha value is -3.10. The van der Waals surface area contributed by atoms with Crippen LogP contribution in [-0.4, -0.2) is 48.8 Å². The number of hydrogen-bond acceptors (Lipinski definition) is 6. The third-order valence-electron chi connectivity index (χ3n) is 6.42. The molecule has 9 heteroatoms. The fourth-order valence-electron chi connectivity index (χ4n) is 4.67. The van der Waals surface area contributed by atoms with Crippen LogP contribution in [0.5, 0.6) is 0 Å². The van der Waals surface area contributed by atoms with Crippen LogP contribution in [0.2, 0.25) is 0 Å². The van der Waals surface area contributed by atoms with Crippen LogP contribution in [-0.2, 0) is 22.6 Å².